The fraction of sp³-hybridized carbons (Fsp3) is 0.462. The summed E-state index contributed by atoms with van der Waals surface area (Å²) in [6.07, 6.45) is 0. The van der Waals surface area contributed by atoms with Crippen LogP contribution in [0.1, 0.15) is 62.1 Å². The molecule has 0 bridgehead atoms. The molecule has 0 aromatic heterocycles. The van der Waals surface area contributed by atoms with Crippen molar-refractivity contribution in [3.63, 3.8) is 0 Å². The van der Waals surface area contributed by atoms with Crippen LogP contribution in [0, 0.1) is 5.92 Å². The molecule has 0 saturated heterocycles. The third-order valence-corrected chi connectivity index (χ3v) is 5.46. The van der Waals surface area contributed by atoms with Crippen molar-refractivity contribution in [3.8, 4) is 17.2 Å². The minimum absolute atomic E-state index is 0.0617. The van der Waals surface area contributed by atoms with Gasteiger partial charge >= 0.3 is 0 Å². The largest absolute Gasteiger partial charge is 0.493 e. The van der Waals surface area contributed by atoms with E-state index in [1.54, 1.807) is 12.1 Å². The number of hydrogen-bond donors (Lipinski definition) is 2. The minimum Gasteiger partial charge on any atom is -0.493 e. The van der Waals surface area contributed by atoms with Gasteiger partial charge in [0.1, 0.15) is 0 Å². The van der Waals surface area contributed by atoms with E-state index in [0.29, 0.717) is 22.8 Å². The zero-order valence-electron chi connectivity index (χ0n) is 20.9. The van der Waals surface area contributed by atoms with E-state index in [-0.39, 0.29) is 29.8 Å². The van der Waals surface area contributed by atoms with E-state index < -0.39 is 5.91 Å². The van der Waals surface area contributed by atoms with Crippen LogP contribution in [0.3, 0.4) is 0 Å². The molecule has 1 unspecified atom stereocenters. The van der Waals surface area contributed by atoms with Gasteiger partial charge in [-0.2, -0.15) is 0 Å². The molecule has 1 atom stereocenters. The number of carbonyl (C=O) groups excluding carboxylic acids is 2. The van der Waals surface area contributed by atoms with E-state index in [1.807, 2.05) is 0 Å². The second kappa shape index (κ2) is 11.1. The number of nitrogens with one attached hydrogen (secondary N) is 2. The maximum absolute atomic E-state index is 12.7. The molecule has 0 spiro atoms. The summed E-state index contributed by atoms with van der Waals surface area (Å²) >= 11 is 0. The van der Waals surface area contributed by atoms with Crippen LogP contribution >= 0.6 is 0 Å². The molecule has 2 aromatic rings. The zero-order chi connectivity index (χ0) is 24.8. The lowest BCUT2D eigenvalue weighted by atomic mass is 9.85. The number of hydrogen-bond acceptors (Lipinski definition) is 5. The predicted octanol–water partition coefficient (Wildman–Crippen LogP) is 4.25. The van der Waals surface area contributed by atoms with Gasteiger partial charge in [-0.15, -0.1) is 0 Å². The molecule has 2 rings (SSSR count). The van der Waals surface area contributed by atoms with Crippen LogP contribution in [-0.4, -0.2) is 39.7 Å². The van der Waals surface area contributed by atoms with Crippen molar-refractivity contribution in [2.24, 2.45) is 5.92 Å². The van der Waals surface area contributed by atoms with Crippen molar-refractivity contribution >= 4 is 11.8 Å². The SMILES string of the molecule is COc1cc(C(=O)NCC(=O)NC(c2ccc(C(C)(C)C)cc2)C(C)C)cc(OC)c1OC. The number of benzene rings is 2. The highest BCUT2D eigenvalue weighted by Gasteiger charge is 2.21. The molecule has 0 aliphatic carbocycles. The molecular formula is C26H36N2O5. The second-order valence-corrected chi connectivity index (χ2v) is 9.26. The van der Waals surface area contributed by atoms with Gasteiger partial charge in [-0.25, -0.2) is 0 Å². The molecule has 7 nitrogen and oxygen atoms in total. The Kier molecular flexibility index (Phi) is 8.74. The van der Waals surface area contributed by atoms with Gasteiger partial charge in [-0.05, 0) is 34.6 Å². The normalized spacial score (nSPS) is 12.2. The van der Waals surface area contributed by atoms with Crippen molar-refractivity contribution in [2.45, 2.75) is 46.1 Å². The van der Waals surface area contributed by atoms with E-state index >= 15 is 0 Å². The fourth-order valence-electron chi connectivity index (χ4n) is 3.52. The first-order chi connectivity index (χ1) is 15.5. The number of carbonyl (C=O) groups is 2. The average molecular weight is 457 g/mol. The van der Waals surface area contributed by atoms with Gasteiger partial charge in [0, 0.05) is 5.56 Å². The summed E-state index contributed by atoms with van der Waals surface area (Å²) in [5.74, 6) is 0.622. The first-order valence-electron chi connectivity index (χ1n) is 11.0. The van der Waals surface area contributed by atoms with Crippen LogP contribution in [0.15, 0.2) is 36.4 Å². The summed E-state index contributed by atoms with van der Waals surface area (Å²) < 4.78 is 15.9. The maximum atomic E-state index is 12.7. The van der Waals surface area contributed by atoms with Gasteiger partial charge < -0.3 is 24.8 Å². The summed E-state index contributed by atoms with van der Waals surface area (Å²) in [6.45, 7) is 10.5. The Labute approximate surface area is 196 Å². The molecule has 0 saturated carbocycles. The number of amides is 2. The van der Waals surface area contributed by atoms with Crippen LogP contribution in [0.2, 0.25) is 0 Å². The highest BCUT2D eigenvalue weighted by Crippen LogP contribution is 2.38. The van der Waals surface area contributed by atoms with Crippen molar-refractivity contribution < 1.29 is 23.8 Å². The first kappa shape index (κ1) is 26.0. The van der Waals surface area contributed by atoms with E-state index in [1.165, 1.54) is 26.9 Å². The molecule has 0 heterocycles. The van der Waals surface area contributed by atoms with Gasteiger partial charge in [-0.3, -0.25) is 9.59 Å². The molecule has 2 amide bonds. The van der Waals surface area contributed by atoms with Crippen molar-refractivity contribution in [3.05, 3.63) is 53.1 Å². The zero-order valence-corrected chi connectivity index (χ0v) is 20.9. The number of methoxy groups -OCH3 is 3. The Morgan fingerprint density at radius 1 is 0.909 bits per heavy atom. The third-order valence-electron chi connectivity index (χ3n) is 5.46. The lowest BCUT2D eigenvalue weighted by molar-refractivity contribution is -0.121. The van der Waals surface area contributed by atoms with E-state index in [2.05, 4.69) is 69.5 Å². The van der Waals surface area contributed by atoms with Crippen molar-refractivity contribution in [1.82, 2.24) is 10.6 Å². The summed E-state index contributed by atoms with van der Waals surface area (Å²) in [5, 5.41) is 5.70. The van der Waals surface area contributed by atoms with Gasteiger partial charge in [0.05, 0.1) is 33.9 Å². The standard InChI is InChI=1S/C26H36N2O5/c1-16(2)23(17-9-11-19(12-10-17)26(3,4)5)28-22(29)15-27-25(30)18-13-20(31-6)24(33-8)21(14-18)32-7/h9-14,16,23H,15H2,1-8H3,(H,27,30)(H,28,29). The lowest BCUT2D eigenvalue weighted by Gasteiger charge is -2.25. The minimum atomic E-state index is -0.417. The summed E-state index contributed by atoms with van der Waals surface area (Å²) in [6, 6.07) is 11.2. The van der Waals surface area contributed by atoms with Gasteiger partial charge in [0.25, 0.3) is 5.91 Å². The fourth-order valence-corrected chi connectivity index (χ4v) is 3.52. The molecule has 180 valence electrons. The molecule has 2 N–H and O–H groups in total. The second-order valence-electron chi connectivity index (χ2n) is 9.26. The van der Waals surface area contributed by atoms with Crippen LogP contribution in [0.5, 0.6) is 17.2 Å². The highest BCUT2D eigenvalue weighted by molar-refractivity contribution is 5.97. The number of rotatable bonds is 9. The number of ether oxygens (including phenoxy) is 3. The van der Waals surface area contributed by atoms with E-state index in [4.69, 9.17) is 14.2 Å². The van der Waals surface area contributed by atoms with E-state index in [0.717, 1.165) is 5.56 Å². The molecule has 0 aliphatic heterocycles. The van der Waals surface area contributed by atoms with Crippen LogP contribution in [0.4, 0.5) is 0 Å². The van der Waals surface area contributed by atoms with Gasteiger partial charge in [0.2, 0.25) is 11.7 Å². The monoisotopic (exact) mass is 456 g/mol. The quantitative estimate of drug-likeness (QED) is 0.589. The molecule has 33 heavy (non-hydrogen) atoms. The maximum Gasteiger partial charge on any atom is 0.251 e. The van der Waals surface area contributed by atoms with Crippen LogP contribution < -0.4 is 24.8 Å². The highest BCUT2D eigenvalue weighted by atomic mass is 16.5. The first-order valence-corrected chi connectivity index (χ1v) is 11.0. The van der Waals surface area contributed by atoms with Gasteiger partial charge in [-0.1, -0.05) is 58.9 Å². The lowest BCUT2D eigenvalue weighted by Crippen LogP contribution is -2.40. The Hall–Kier alpha value is -3.22. The van der Waals surface area contributed by atoms with Crippen molar-refractivity contribution in [1.29, 1.82) is 0 Å². The Morgan fingerprint density at radius 3 is 1.88 bits per heavy atom. The molecule has 0 fully saturated rings. The topological polar surface area (TPSA) is 85.9 Å². The van der Waals surface area contributed by atoms with Crippen molar-refractivity contribution in [2.75, 3.05) is 27.9 Å². The van der Waals surface area contributed by atoms with Crippen LogP contribution in [0.25, 0.3) is 0 Å². The summed E-state index contributed by atoms with van der Waals surface area (Å²) in [7, 11) is 4.45. The molecule has 2 aromatic carbocycles. The molecule has 0 aliphatic rings. The van der Waals surface area contributed by atoms with Crippen LogP contribution in [-0.2, 0) is 10.2 Å². The Bertz CT molecular complexity index is 937. The van der Waals surface area contributed by atoms with E-state index in [9.17, 15) is 9.59 Å². The smallest absolute Gasteiger partial charge is 0.251 e. The molecular weight excluding hydrogens is 420 g/mol. The predicted molar refractivity (Wildman–Crippen MR) is 129 cm³/mol. The third kappa shape index (κ3) is 6.63. The Balaban J connectivity index is 2.08. The summed E-state index contributed by atoms with van der Waals surface area (Å²) in [5.41, 5.74) is 2.63. The van der Waals surface area contributed by atoms with Gasteiger partial charge in [0.15, 0.2) is 11.5 Å². The molecule has 0 radical (unpaired) electrons. The average Bonchev–Trinajstić information content (AvgIpc) is 2.79. The molecule has 7 heteroatoms. The Morgan fingerprint density at radius 2 is 1.45 bits per heavy atom. The summed E-state index contributed by atoms with van der Waals surface area (Å²) in [4.78, 5) is 25.3.